The Morgan fingerprint density at radius 1 is 0.887 bits per heavy atom. The number of nitrogens with one attached hydrogen (secondary N) is 6. The fraction of sp³-hybridized carbons (Fsp3) is 0.536. The molecule has 4 aliphatic rings. The van der Waals surface area contributed by atoms with Crippen LogP contribution in [0.3, 0.4) is 0 Å². The topological polar surface area (TPSA) is 288 Å². The van der Waals surface area contributed by atoms with Gasteiger partial charge in [0.1, 0.15) is 41.5 Å². The Labute approximate surface area is 466 Å². The van der Waals surface area contributed by atoms with Crippen molar-refractivity contribution in [3.8, 4) is 5.75 Å². The summed E-state index contributed by atoms with van der Waals surface area (Å²) in [4.78, 5) is 92.7. The van der Waals surface area contributed by atoms with Crippen molar-refractivity contribution < 1.29 is 41.9 Å². The molecule has 2 aromatic carbocycles. The lowest BCUT2D eigenvalue weighted by Crippen LogP contribution is -2.58. The normalized spacial score (nSPS) is 19.8. The van der Waals surface area contributed by atoms with Crippen LogP contribution in [-0.4, -0.2) is 160 Å². The molecule has 5 atom stereocenters. The zero-order chi connectivity index (χ0) is 56.9. The van der Waals surface area contributed by atoms with E-state index in [0.29, 0.717) is 74.1 Å². The van der Waals surface area contributed by atoms with Gasteiger partial charge in [0, 0.05) is 87.5 Å². The van der Waals surface area contributed by atoms with E-state index >= 15 is 0 Å². The second-order valence-corrected chi connectivity index (χ2v) is 25.0. The van der Waals surface area contributed by atoms with Crippen LogP contribution < -0.4 is 36.2 Å². The van der Waals surface area contributed by atoms with Gasteiger partial charge in [-0.3, -0.25) is 29.2 Å². The van der Waals surface area contributed by atoms with Crippen molar-refractivity contribution in [1.82, 2.24) is 61.2 Å². The molecule has 5 heterocycles. The first-order valence-electron chi connectivity index (χ1n) is 27.7. The molecule has 2 unspecified atom stereocenters. The number of alkyl carbamates (subject to hydrolysis) is 1. The number of aromatic nitrogens is 6. The molecular formula is C56H74N14O9S. The highest BCUT2D eigenvalue weighted by Crippen LogP contribution is 2.38. The van der Waals surface area contributed by atoms with E-state index in [9.17, 15) is 32.4 Å². The average molecular weight is 1120 g/mol. The third-order valence-corrected chi connectivity index (χ3v) is 18.5. The number of sulfone groups is 1. The molecule has 2 saturated heterocycles. The van der Waals surface area contributed by atoms with Crippen LogP contribution in [-0.2, 0) is 35.4 Å². The van der Waals surface area contributed by atoms with Crippen LogP contribution >= 0.6 is 0 Å². The van der Waals surface area contributed by atoms with E-state index in [2.05, 4.69) is 67.7 Å². The summed E-state index contributed by atoms with van der Waals surface area (Å²) >= 11 is 0. The number of carbonyl (C=O) groups excluding carboxylic acids is 5. The van der Waals surface area contributed by atoms with Crippen LogP contribution in [0.25, 0.3) is 10.9 Å². The van der Waals surface area contributed by atoms with Crippen LogP contribution in [0.1, 0.15) is 118 Å². The Hall–Kier alpha value is -7.47. The van der Waals surface area contributed by atoms with Gasteiger partial charge in [-0.05, 0) is 103 Å². The first-order chi connectivity index (χ1) is 38.3. The monoisotopic (exact) mass is 1120 g/mol. The highest BCUT2D eigenvalue weighted by molar-refractivity contribution is 7.92. The Balaban J connectivity index is 0.835. The first-order valence-corrected chi connectivity index (χ1v) is 29.2. The predicted octanol–water partition coefficient (Wildman–Crippen LogP) is 4.98. The van der Waals surface area contributed by atoms with Crippen LogP contribution in [0.2, 0.25) is 0 Å². The SMILES string of the molecule is CNC(=O)OC(C)C(=O)NC(C(=O)N1C[C@@H](NC(=O)c2cnc(N3CCN(CCOc4cc5ncnc(Nc6n[nH]c(C)c6C)c5cc4S(=O)(=O)C(C)(C)C)CC3)nc2)C[C@H]1C(=O)N[C@@H]1CCCc2ccccc21)C1CCCCC1. The number of hydrogen-bond donors (Lipinski definition) is 6. The molecule has 2 aliphatic carbocycles. The van der Waals surface area contributed by atoms with Crippen LogP contribution in [0.4, 0.5) is 22.4 Å². The fourth-order valence-corrected chi connectivity index (χ4v) is 12.4. The number of likely N-dealkylation sites (tertiary alicyclic amines) is 1. The summed E-state index contributed by atoms with van der Waals surface area (Å²) in [5.74, 6) is -0.439. The summed E-state index contributed by atoms with van der Waals surface area (Å²) in [5, 5.41) is 22.5. The van der Waals surface area contributed by atoms with Gasteiger partial charge in [-0.1, -0.05) is 43.5 Å². The molecule has 6 N–H and O–H groups in total. The van der Waals surface area contributed by atoms with Crippen molar-refractivity contribution >= 4 is 68.0 Å². The molecule has 80 heavy (non-hydrogen) atoms. The molecule has 23 nitrogen and oxygen atoms in total. The molecule has 1 saturated carbocycles. The van der Waals surface area contributed by atoms with Crippen molar-refractivity contribution in [3.05, 3.63) is 83.1 Å². The van der Waals surface area contributed by atoms with Gasteiger partial charge in [-0.15, -0.1) is 0 Å². The number of benzene rings is 2. The number of rotatable bonds is 17. The quantitative estimate of drug-likeness (QED) is 0.0716. The number of anilines is 3. The van der Waals surface area contributed by atoms with Crippen molar-refractivity contribution in [3.63, 3.8) is 0 Å². The molecule has 3 fully saturated rings. The lowest BCUT2D eigenvalue weighted by Gasteiger charge is -2.35. The number of fused-ring (bicyclic) bond motifs is 2. The number of ether oxygens (including phenoxy) is 2. The molecule has 3 aromatic heterocycles. The van der Waals surface area contributed by atoms with Crippen molar-refractivity contribution in [1.29, 1.82) is 0 Å². The lowest BCUT2D eigenvalue weighted by atomic mass is 9.83. The zero-order valence-electron chi connectivity index (χ0n) is 46.6. The minimum atomic E-state index is -3.88. The highest BCUT2D eigenvalue weighted by Gasteiger charge is 2.46. The van der Waals surface area contributed by atoms with Gasteiger partial charge in [-0.25, -0.2) is 33.1 Å². The van der Waals surface area contributed by atoms with Crippen molar-refractivity contribution in [2.75, 3.05) is 63.1 Å². The summed E-state index contributed by atoms with van der Waals surface area (Å²) < 4.78 is 38.5. The molecule has 9 rings (SSSR count). The second-order valence-electron chi connectivity index (χ2n) is 22.3. The molecule has 0 spiro atoms. The maximum absolute atomic E-state index is 14.9. The van der Waals surface area contributed by atoms with Gasteiger partial charge in [0.15, 0.2) is 21.8 Å². The summed E-state index contributed by atoms with van der Waals surface area (Å²) in [7, 11) is -2.49. The number of aromatic amines is 1. The van der Waals surface area contributed by atoms with Crippen LogP contribution in [0, 0.1) is 19.8 Å². The minimum absolute atomic E-state index is 0.0151. The number of carbonyl (C=O) groups is 5. The molecule has 0 bridgehead atoms. The number of hydrogen-bond acceptors (Lipinski definition) is 17. The largest absolute Gasteiger partial charge is 0.491 e. The maximum atomic E-state index is 14.9. The summed E-state index contributed by atoms with van der Waals surface area (Å²) in [6.07, 6.45) is 9.17. The van der Waals surface area contributed by atoms with Crippen LogP contribution in [0.15, 0.2) is 60.0 Å². The lowest BCUT2D eigenvalue weighted by molar-refractivity contribution is -0.144. The second kappa shape index (κ2) is 24.5. The molecule has 2 aliphatic heterocycles. The third-order valence-electron chi connectivity index (χ3n) is 16.0. The molecule has 5 amide bonds. The number of H-pyrrole nitrogens is 1. The van der Waals surface area contributed by atoms with Gasteiger partial charge >= 0.3 is 6.09 Å². The number of aryl methyl sites for hydroxylation is 2. The van der Waals surface area contributed by atoms with E-state index in [0.717, 1.165) is 55.3 Å². The summed E-state index contributed by atoms with van der Waals surface area (Å²) in [6, 6.07) is 8.42. The molecular weight excluding hydrogens is 1040 g/mol. The average Bonchev–Trinajstić information content (AvgIpc) is 4.08. The van der Waals surface area contributed by atoms with E-state index in [1.807, 2.05) is 36.9 Å². The van der Waals surface area contributed by atoms with Crippen molar-refractivity contribution in [2.45, 2.75) is 139 Å². The predicted molar refractivity (Wildman–Crippen MR) is 299 cm³/mol. The molecule has 5 aromatic rings. The summed E-state index contributed by atoms with van der Waals surface area (Å²) in [5.41, 5.74) is 4.72. The fourth-order valence-electron chi connectivity index (χ4n) is 11.0. The van der Waals surface area contributed by atoms with E-state index in [1.54, 1.807) is 32.9 Å². The molecule has 0 radical (unpaired) electrons. The van der Waals surface area contributed by atoms with E-state index < -0.39 is 62.6 Å². The number of nitrogens with zero attached hydrogens (tertiary/aromatic N) is 8. The maximum Gasteiger partial charge on any atom is 0.407 e. The van der Waals surface area contributed by atoms with Gasteiger partial charge in [0.2, 0.25) is 17.8 Å². The third kappa shape index (κ3) is 12.8. The Kier molecular flexibility index (Phi) is 17.5. The Morgan fingerprint density at radius 2 is 1.62 bits per heavy atom. The molecule has 428 valence electrons. The van der Waals surface area contributed by atoms with Gasteiger partial charge in [-0.2, -0.15) is 5.10 Å². The highest BCUT2D eigenvalue weighted by atomic mass is 32.2. The van der Waals surface area contributed by atoms with Gasteiger partial charge in [0.05, 0.1) is 21.9 Å². The smallest absolute Gasteiger partial charge is 0.407 e. The summed E-state index contributed by atoms with van der Waals surface area (Å²) in [6.45, 7) is 13.4. The van der Waals surface area contributed by atoms with E-state index in [1.165, 1.54) is 43.2 Å². The Morgan fingerprint density at radius 3 is 2.33 bits per heavy atom. The van der Waals surface area contributed by atoms with E-state index in [4.69, 9.17) is 9.47 Å². The standard InChI is InChI=1S/C56H74N14O9S/c1-33-34(2)66-67-48(33)65-49-41-27-46(80(76,77)56(4,5)6)45(28-43(41)60-32-61-49)78-25-24-68-20-22-69(23-21-68)54-58-29-38(30-59-54)51(72)62-39-26-44(52(73)63-42-19-13-17-36-14-11-12-18-40(36)42)70(31-39)53(74)47(37-15-9-8-10-16-37)64-50(71)35(3)79-55(75)57-7/h11-12,14,18,27-30,32,35,37,39,42,44,47H,8-10,13,15-17,19-26,31H2,1-7H3,(H,57,75)(H,62,72)(H,63,73)(H,64,71)(H2,60,61,65,66,67)/t35?,39-,42+,44-,47?/m0/s1. The van der Waals surface area contributed by atoms with Gasteiger partial charge < -0.3 is 45.9 Å². The molecule has 24 heteroatoms. The Bertz CT molecular complexity index is 3190. The zero-order valence-corrected chi connectivity index (χ0v) is 47.5. The minimum Gasteiger partial charge on any atom is -0.491 e. The number of piperazine rings is 1. The van der Waals surface area contributed by atoms with E-state index in [-0.39, 0.29) is 53.6 Å². The number of amides is 5. The first kappa shape index (κ1) is 57.2. The van der Waals surface area contributed by atoms with Gasteiger partial charge in [0.25, 0.3) is 11.8 Å². The van der Waals surface area contributed by atoms with Crippen molar-refractivity contribution in [2.24, 2.45) is 5.92 Å². The van der Waals surface area contributed by atoms with Crippen LogP contribution in [0.5, 0.6) is 5.75 Å².